The van der Waals surface area contributed by atoms with E-state index in [2.05, 4.69) is 42.1 Å². The van der Waals surface area contributed by atoms with Crippen molar-refractivity contribution in [2.75, 3.05) is 14.2 Å². The lowest BCUT2D eigenvalue weighted by Crippen LogP contribution is -2.05. The van der Waals surface area contributed by atoms with Gasteiger partial charge in [0.15, 0.2) is 11.5 Å². The number of Topliss-reactive ketones (excluding diaryl/α,β-unsaturated/α-hetero) is 1. The van der Waals surface area contributed by atoms with Crippen molar-refractivity contribution in [2.24, 2.45) is 11.1 Å². The standard InChI is InChI=1S/C29H32FNO3.C5H10O2/c1-8-29(30)27(22(5)32)15-13-19(2)21(4)31-34-23(6)24-14-16-28(25(17-24)18-33-7)26-12-10-9-11-20(26)3;1-3-4-5(6)7-2/h8-17,19H,1,6,18H2,2-5,7H3;3-4H2,1-2H3/b15-13-,29-27-,31-21+;. The summed E-state index contributed by atoms with van der Waals surface area (Å²) in [5, 5.41) is 4.18. The van der Waals surface area contributed by atoms with Crippen molar-refractivity contribution >= 4 is 23.2 Å². The summed E-state index contributed by atoms with van der Waals surface area (Å²) >= 11 is 0. The maximum absolute atomic E-state index is 13.8. The van der Waals surface area contributed by atoms with Crippen LogP contribution in [0, 0.1) is 12.8 Å². The lowest BCUT2D eigenvalue weighted by Gasteiger charge is -2.14. The van der Waals surface area contributed by atoms with E-state index in [0.717, 1.165) is 34.8 Å². The van der Waals surface area contributed by atoms with Gasteiger partial charge in [0, 0.05) is 25.0 Å². The fourth-order valence-electron chi connectivity index (χ4n) is 3.60. The van der Waals surface area contributed by atoms with Crippen LogP contribution in [0.15, 0.2) is 90.4 Å². The summed E-state index contributed by atoms with van der Waals surface area (Å²) in [6.45, 7) is 16.8. The number of methoxy groups -OCH3 is 2. The summed E-state index contributed by atoms with van der Waals surface area (Å²) in [6, 6.07) is 14.2. The number of oxime groups is 1. The van der Waals surface area contributed by atoms with E-state index in [9.17, 15) is 14.0 Å². The van der Waals surface area contributed by atoms with Gasteiger partial charge in [0.25, 0.3) is 0 Å². The molecule has 2 aromatic rings. The Labute approximate surface area is 243 Å². The van der Waals surface area contributed by atoms with Gasteiger partial charge in [-0.1, -0.05) is 80.7 Å². The highest BCUT2D eigenvalue weighted by Crippen LogP contribution is 2.30. The summed E-state index contributed by atoms with van der Waals surface area (Å²) in [7, 11) is 3.06. The maximum atomic E-state index is 13.8. The lowest BCUT2D eigenvalue weighted by molar-refractivity contribution is -0.140. The molecule has 1 unspecified atom stereocenters. The number of halogens is 1. The first-order valence-corrected chi connectivity index (χ1v) is 13.4. The zero-order valence-corrected chi connectivity index (χ0v) is 25.3. The van der Waals surface area contributed by atoms with Gasteiger partial charge in [0.2, 0.25) is 0 Å². The Morgan fingerprint density at radius 3 is 2.32 bits per heavy atom. The number of ether oxygens (including phenoxy) is 2. The molecule has 0 heterocycles. The molecule has 0 aliphatic carbocycles. The molecule has 0 saturated heterocycles. The van der Waals surface area contributed by atoms with Crippen LogP contribution in [0.1, 0.15) is 57.2 Å². The molecule has 2 rings (SSSR count). The number of esters is 1. The van der Waals surface area contributed by atoms with E-state index in [1.54, 1.807) is 20.1 Å². The number of rotatable bonds is 13. The van der Waals surface area contributed by atoms with Crippen molar-refractivity contribution in [3.05, 3.63) is 102 Å². The second kappa shape index (κ2) is 18.3. The van der Waals surface area contributed by atoms with Crippen LogP contribution in [0.4, 0.5) is 4.39 Å². The molecule has 0 bridgehead atoms. The van der Waals surface area contributed by atoms with Crippen LogP contribution in [0.25, 0.3) is 16.9 Å². The number of carbonyl (C=O) groups is 2. The van der Waals surface area contributed by atoms with E-state index >= 15 is 0 Å². The largest absolute Gasteiger partial charge is 0.469 e. The molecule has 0 aromatic heterocycles. The maximum Gasteiger partial charge on any atom is 0.305 e. The minimum atomic E-state index is -0.656. The molecule has 1 atom stereocenters. The molecule has 0 aliphatic rings. The number of aryl methyl sites for hydroxylation is 1. The minimum Gasteiger partial charge on any atom is -0.469 e. The molecule has 7 heteroatoms. The zero-order valence-electron chi connectivity index (χ0n) is 25.3. The smallest absolute Gasteiger partial charge is 0.305 e. The van der Waals surface area contributed by atoms with Crippen LogP contribution in [-0.4, -0.2) is 31.7 Å². The van der Waals surface area contributed by atoms with Crippen LogP contribution < -0.4 is 0 Å². The Morgan fingerprint density at radius 2 is 1.78 bits per heavy atom. The van der Waals surface area contributed by atoms with Gasteiger partial charge < -0.3 is 14.3 Å². The highest BCUT2D eigenvalue weighted by molar-refractivity contribution is 5.97. The van der Waals surface area contributed by atoms with Gasteiger partial charge in [0.05, 0.1) is 25.0 Å². The average molecular weight is 564 g/mol. The third kappa shape index (κ3) is 11.5. The predicted octanol–water partition coefficient (Wildman–Crippen LogP) is 8.32. The highest BCUT2D eigenvalue weighted by atomic mass is 19.1. The van der Waals surface area contributed by atoms with Gasteiger partial charge >= 0.3 is 5.97 Å². The molecule has 0 N–H and O–H groups in total. The topological polar surface area (TPSA) is 74.2 Å². The number of ketones is 1. The van der Waals surface area contributed by atoms with Crippen LogP contribution in [-0.2, 0) is 30.5 Å². The van der Waals surface area contributed by atoms with Crippen molar-refractivity contribution in [3.63, 3.8) is 0 Å². The zero-order chi connectivity index (χ0) is 30.9. The third-order valence-corrected chi connectivity index (χ3v) is 6.17. The molecule has 220 valence electrons. The minimum absolute atomic E-state index is 0.0283. The molecule has 0 amide bonds. The summed E-state index contributed by atoms with van der Waals surface area (Å²) < 4.78 is 23.6. The van der Waals surface area contributed by atoms with E-state index < -0.39 is 5.83 Å². The van der Waals surface area contributed by atoms with Crippen LogP contribution >= 0.6 is 0 Å². The van der Waals surface area contributed by atoms with Crippen molar-refractivity contribution in [1.29, 1.82) is 0 Å². The first-order chi connectivity index (χ1) is 19.5. The van der Waals surface area contributed by atoms with Crippen molar-refractivity contribution in [3.8, 4) is 11.1 Å². The highest BCUT2D eigenvalue weighted by Gasteiger charge is 2.12. The van der Waals surface area contributed by atoms with Gasteiger partial charge in [-0.15, -0.1) is 0 Å². The molecule has 41 heavy (non-hydrogen) atoms. The third-order valence-electron chi connectivity index (χ3n) is 6.17. The molecule has 0 spiro atoms. The molecular weight excluding hydrogens is 521 g/mol. The van der Waals surface area contributed by atoms with Gasteiger partial charge in [-0.25, -0.2) is 4.39 Å². The normalized spacial score (nSPS) is 12.5. The lowest BCUT2D eigenvalue weighted by atomic mass is 9.94. The monoisotopic (exact) mass is 563 g/mol. The van der Waals surface area contributed by atoms with Crippen LogP contribution in [0.2, 0.25) is 0 Å². The van der Waals surface area contributed by atoms with Crippen molar-refractivity contribution < 1.29 is 28.3 Å². The number of allylic oxidation sites excluding steroid dienone is 5. The molecule has 0 fully saturated rings. The van der Waals surface area contributed by atoms with Crippen LogP contribution in [0.3, 0.4) is 0 Å². The van der Waals surface area contributed by atoms with E-state index in [1.165, 1.54) is 25.7 Å². The molecule has 0 saturated carbocycles. The second-order valence-corrected chi connectivity index (χ2v) is 9.36. The second-order valence-electron chi connectivity index (χ2n) is 9.36. The predicted molar refractivity (Wildman–Crippen MR) is 165 cm³/mol. The molecule has 0 radical (unpaired) electrons. The van der Waals surface area contributed by atoms with Gasteiger partial charge in [-0.2, -0.15) is 0 Å². The number of nitrogens with zero attached hydrogens (tertiary/aromatic N) is 1. The molecular formula is C34H42FNO5. The molecule has 6 nitrogen and oxygen atoms in total. The average Bonchev–Trinajstić information content (AvgIpc) is 2.96. The van der Waals surface area contributed by atoms with E-state index in [0.29, 0.717) is 24.5 Å². The first-order valence-electron chi connectivity index (χ1n) is 13.4. The fourth-order valence-corrected chi connectivity index (χ4v) is 3.60. The summed E-state index contributed by atoms with van der Waals surface area (Å²) in [4.78, 5) is 27.4. The Hall–Kier alpha value is -4.10. The van der Waals surface area contributed by atoms with Gasteiger partial charge in [-0.05, 0) is 61.6 Å². The number of hydrogen-bond acceptors (Lipinski definition) is 6. The van der Waals surface area contributed by atoms with Crippen LogP contribution in [0.5, 0.6) is 0 Å². The van der Waals surface area contributed by atoms with Crippen molar-refractivity contribution in [1.82, 2.24) is 0 Å². The number of hydrogen-bond donors (Lipinski definition) is 0. The quantitative estimate of drug-likeness (QED) is 0.0612. The Kier molecular flexibility index (Phi) is 15.6. The molecule has 2 aromatic carbocycles. The SMILES string of the molecule is C=C/C(F)=C(\C=C/C(C)/C(C)=N/OC(=C)c1ccc(-c2ccccc2C)c(COC)c1)C(C)=O.CCCC(=O)OC. The summed E-state index contributed by atoms with van der Waals surface area (Å²) in [5.74, 6) is -0.946. The Bertz CT molecular complexity index is 1310. The summed E-state index contributed by atoms with van der Waals surface area (Å²) in [5.41, 5.74) is 5.85. The van der Waals surface area contributed by atoms with Gasteiger partial charge in [0.1, 0.15) is 5.83 Å². The fraction of sp³-hybridized carbons (Fsp3) is 0.324. The van der Waals surface area contributed by atoms with Crippen molar-refractivity contribution in [2.45, 2.75) is 54.1 Å². The van der Waals surface area contributed by atoms with E-state index in [1.807, 2.05) is 44.2 Å². The molecule has 0 aliphatic heterocycles. The first kappa shape index (κ1) is 34.9. The Morgan fingerprint density at radius 1 is 1.10 bits per heavy atom. The Balaban J connectivity index is 0.00000106. The number of carbonyl (C=O) groups excluding carboxylic acids is 2. The summed E-state index contributed by atoms with van der Waals surface area (Å²) in [6.07, 6.45) is 5.56. The number of benzene rings is 2. The van der Waals surface area contributed by atoms with E-state index in [-0.39, 0.29) is 23.2 Å². The van der Waals surface area contributed by atoms with E-state index in [4.69, 9.17) is 9.57 Å². The van der Waals surface area contributed by atoms with Gasteiger partial charge in [-0.3, -0.25) is 9.59 Å².